The third kappa shape index (κ3) is 2.03. The Balaban J connectivity index is 1.59. The van der Waals surface area contributed by atoms with Crippen molar-refractivity contribution < 1.29 is 9.18 Å². The maximum atomic E-state index is 13.2. The van der Waals surface area contributed by atoms with Crippen LogP contribution >= 0.6 is 0 Å². The Morgan fingerprint density at radius 3 is 2.76 bits per heavy atom. The largest absolute Gasteiger partial charge is 0.352 e. The molecule has 7 nitrogen and oxygen atoms in total. The molecule has 4 heterocycles. The van der Waals surface area contributed by atoms with Gasteiger partial charge < -0.3 is 10.2 Å². The summed E-state index contributed by atoms with van der Waals surface area (Å²) in [6.45, 7) is 1.47. The lowest BCUT2D eigenvalue weighted by Crippen LogP contribution is -2.21. The molecule has 1 fully saturated rings. The topological polar surface area (TPSA) is 75.9 Å². The number of hydrogen-bond donors (Lipinski definition) is 1. The van der Waals surface area contributed by atoms with E-state index in [1.165, 1.54) is 0 Å². The van der Waals surface area contributed by atoms with Gasteiger partial charge in [0.05, 0.1) is 36.7 Å². The fourth-order valence-electron chi connectivity index (χ4n) is 2.63. The molecule has 2 aromatic heterocycles. The molecule has 0 unspecified atom stereocenters. The number of aromatic nitrogens is 4. The number of nitrogens with zero attached hydrogens (tertiary/aromatic N) is 5. The first-order valence-electron chi connectivity index (χ1n) is 6.79. The van der Waals surface area contributed by atoms with Crippen LogP contribution in [0.4, 0.5) is 10.2 Å². The highest BCUT2D eigenvalue weighted by atomic mass is 19.1. The summed E-state index contributed by atoms with van der Waals surface area (Å²) in [5.41, 5.74) is 1.28. The first kappa shape index (κ1) is 12.2. The van der Waals surface area contributed by atoms with Crippen molar-refractivity contribution in [2.75, 3.05) is 18.0 Å². The van der Waals surface area contributed by atoms with Crippen molar-refractivity contribution in [3.63, 3.8) is 0 Å². The fraction of sp³-hybridized carbons (Fsp3) is 0.385. The average Bonchev–Trinajstić information content (AvgIpc) is 3.17. The monoisotopic (exact) mass is 288 g/mol. The van der Waals surface area contributed by atoms with E-state index in [2.05, 4.69) is 20.4 Å². The smallest absolute Gasteiger partial charge is 0.255 e. The summed E-state index contributed by atoms with van der Waals surface area (Å²) < 4.78 is 14.7. The summed E-state index contributed by atoms with van der Waals surface area (Å²) in [6.07, 6.45) is 4.58. The van der Waals surface area contributed by atoms with Gasteiger partial charge in [-0.1, -0.05) is 0 Å². The van der Waals surface area contributed by atoms with Crippen LogP contribution in [0.1, 0.15) is 22.5 Å². The average molecular weight is 288 g/mol. The molecule has 0 spiro atoms. The van der Waals surface area contributed by atoms with Gasteiger partial charge in [-0.25, -0.2) is 19.0 Å². The number of nitrogens with one attached hydrogen (secondary N) is 1. The second-order valence-electron chi connectivity index (χ2n) is 5.18. The zero-order valence-electron chi connectivity index (χ0n) is 11.2. The van der Waals surface area contributed by atoms with Crippen molar-refractivity contribution in [1.29, 1.82) is 0 Å². The molecule has 21 heavy (non-hydrogen) atoms. The van der Waals surface area contributed by atoms with Crippen LogP contribution in [0.15, 0.2) is 18.6 Å². The van der Waals surface area contributed by atoms with Crippen molar-refractivity contribution in [3.8, 4) is 5.82 Å². The number of carbonyl (C=O) groups is 1. The highest BCUT2D eigenvalue weighted by molar-refractivity contribution is 5.97. The minimum atomic E-state index is -0.793. The third-order valence-electron chi connectivity index (χ3n) is 3.77. The van der Waals surface area contributed by atoms with E-state index in [4.69, 9.17) is 0 Å². The highest BCUT2D eigenvalue weighted by Gasteiger charge is 2.24. The van der Waals surface area contributed by atoms with Gasteiger partial charge in [0.2, 0.25) is 0 Å². The van der Waals surface area contributed by atoms with E-state index in [0.29, 0.717) is 48.9 Å². The quantitative estimate of drug-likeness (QED) is 0.868. The van der Waals surface area contributed by atoms with Crippen LogP contribution in [0.2, 0.25) is 0 Å². The minimum Gasteiger partial charge on any atom is -0.352 e. The predicted octanol–water partition coefficient (Wildman–Crippen LogP) is 0.454. The Morgan fingerprint density at radius 1 is 1.29 bits per heavy atom. The molecule has 0 bridgehead atoms. The Bertz CT molecular complexity index is 697. The van der Waals surface area contributed by atoms with Gasteiger partial charge in [0.15, 0.2) is 5.82 Å². The van der Waals surface area contributed by atoms with Gasteiger partial charge in [-0.15, -0.1) is 0 Å². The van der Waals surface area contributed by atoms with Crippen LogP contribution in [0, 0.1) is 0 Å². The normalized spacial score (nSPS) is 20.7. The summed E-state index contributed by atoms with van der Waals surface area (Å²) in [6, 6.07) is 0. The van der Waals surface area contributed by atoms with Crippen molar-refractivity contribution in [3.05, 3.63) is 29.8 Å². The zero-order chi connectivity index (χ0) is 14.4. The number of anilines is 1. The van der Waals surface area contributed by atoms with E-state index >= 15 is 0 Å². The van der Waals surface area contributed by atoms with Gasteiger partial charge in [-0.2, -0.15) is 5.10 Å². The highest BCUT2D eigenvalue weighted by Crippen LogP contribution is 2.20. The molecule has 0 radical (unpaired) electrons. The van der Waals surface area contributed by atoms with Gasteiger partial charge in [0.25, 0.3) is 5.91 Å². The summed E-state index contributed by atoms with van der Waals surface area (Å²) in [5, 5.41) is 7.01. The van der Waals surface area contributed by atoms with Crippen molar-refractivity contribution in [2.45, 2.75) is 19.1 Å². The zero-order valence-corrected chi connectivity index (χ0v) is 11.2. The molecule has 1 N–H and O–H groups in total. The van der Waals surface area contributed by atoms with Crippen molar-refractivity contribution in [2.24, 2.45) is 0 Å². The van der Waals surface area contributed by atoms with E-state index in [0.717, 1.165) is 0 Å². The molecular formula is C13H13FN6O. The first-order chi connectivity index (χ1) is 10.2. The number of halogens is 1. The Kier molecular flexibility index (Phi) is 2.63. The summed E-state index contributed by atoms with van der Waals surface area (Å²) >= 11 is 0. The molecule has 2 aromatic rings. The molecule has 0 saturated carbocycles. The number of carbonyl (C=O) groups excluding carboxylic acids is 1. The predicted molar refractivity (Wildman–Crippen MR) is 72.1 cm³/mol. The van der Waals surface area contributed by atoms with Crippen LogP contribution < -0.4 is 10.2 Å². The second kappa shape index (κ2) is 4.51. The van der Waals surface area contributed by atoms with Crippen LogP contribution in [0.25, 0.3) is 5.82 Å². The number of alkyl halides is 1. The molecule has 0 aromatic carbocycles. The Labute approximate surface area is 119 Å². The fourth-order valence-corrected chi connectivity index (χ4v) is 2.63. The summed E-state index contributed by atoms with van der Waals surface area (Å²) in [7, 11) is 0. The maximum absolute atomic E-state index is 13.2. The Hall–Kier alpha value is -2.51. The SMILES string of the molecule is O=C1NCc2nn(-c3cnc(N4CC[C@@H](F)C4)cn3)cc21. The molecular weight excluding hydrogens is 275 g/mol. The Morgan fingerprint density at radius 2 is 2.10 bits per heavy atom. The molecule has 2 aliphatic heterocycles. The van der Waals surface area contributed by atoms with Gasteiger partial charge in [0, 0.05) is 12.7 Å². The van der Waals surface area contributed by atoms with E-state index < -0.39 is 6.17 Å². The molecule has 1 saturated heterocycles. The van der Waals surface area contributed by atoms with Gasteiger partial charge in [-0.3, -0.25) is 4.79 Å². The van der Waals surface area contributed by atoms with E-state index in [9.17, 15) is 9.18 Å². The van der Waals surface area contributed by atoms with Crippen molar-refractivity contribution >= 4 is 11.7 Å². The summed E-state index contributed by atoms with van der Waals surface area (Å²) in [5.74, 6) is 1.08. The lowest BCUT2D eigenvalue weighted by molar-refractivity contribution is 0.0965. The second-order valence-corrected chi connectivity index (χ2v) is 5.18. The molecule has 108 valence electrons. The van der Waals surface area contributed by atoms with Crippen LogP contribution in [0.3, 0.4) is 0 Å². The standard InChI is InChI=1S/C13H13FN6O/c14-8-1-2-19(6-8)11-4-16-12(5-15-11)20-7-9-10(18-20)3-17-13(9)21/h4-5,7-8H,1-3,6H2,(H,17,21)/t8-/m1/s1. The third-order valence-corrected chi connectivity index (χ3v) is 3.77. The summed E-state index contributed by atoms with van der Waals surface area (Å²) in [4.78, 5) is 22.0. The van der Waals surface area contributed by atoms with Gasteiger partial charge in [-0.05, 0) is 6.42 Å². The van der Waals surface area contributed by atoms with Gasteiger partial charge in [0.1, 0.15) is 12.0 Å². The minimum absolute atomic E-state index is 0.119. The number of rotatable bonds is 2. The molecule has 2 aliphatic rings. The first-order valence-corrected chi connectivity index (χ1v) is 6.79. The molecule has 0 aliphatic carbocycles. The lowest BCUT2D eigenvalue weighted by atomic mass is 10.3. The number of fused-ring (bicyclic) bond motifs is 1. The van der Waals surface area contributed by atoms with E-state index in [-0.39, 0.29) is 5.91 Å². The number of hydrogen-bond acceptors (Lipinski definition) is 5. The lowest BCUT2D eigenvalue weighted by Gasteiger charge is -2.15. The van der Waals surface area contributed by atoms with Crippen LogP contribution in [-0.2, 0) is 6.54 Å². The van der Waals surface area contributed by atoms with E-state index in [1.54, 1.807) is 23.3 Å². The van der Waals surface area contributed by atoms with E-state index in [1.807, 2.05) is 4.90 Å². The molecule has 1 amide bonds. The van der Waals surface area contributed by atoms with Gasteiger partial charge >= 0.3 is 0 Å². The van der Waals surface area contributed by atoms with Crippen molar-refractivity contribution in [1.82, 2.24) is 25.1 Å². The number of amides is 1. The van der Waals surface area contributed by atoms with Crippen LogP contribution in [0.5, 0.6) is 0 Å². The maximum Gasteiger partial charge on any atom is 0.255 e. The molecule has 1 atom stereocenters. The molecule has 8 heteroatoms. The van der Waals surface area contributed by atoms with Crippen LogP contribution in [-0.4, -0.2) is 44.9 Å². The molecule has 4 rings (SSSR count).